The topological polar surface area (TPSA) is 46.2 Å². The van der Waals surface area contributed by atoms with Crippen LogP contribution in [-0.2, 0) is 0 Å². The lowest BCUT2D eigenvalue weighted by Crippen LogP contribution is -2.19. The molecule has 7 heteroatoms. The van der Waals surface area contributed by atoms with Crippen molar-refractivity contribution >= 4 is 44.3 Å². The first-order chi connectivity index (χ1) is 6.43. The average molecular weight is 367 g/mol. The van der Waals surface area contributed by atoms with Gasteiger partial charge >= 0.3 is 0 Å². The maximum Gasteiger partial charge on any atom is 0.257 e. The van der Waals surface area contributed by atoms with Crippen LogP contribution in [0.2, 0.25) is 0 Å². The Morgan fingerprint density at radius 3 is 2.20 bits per heavy atom. The quantitative estimate of drug-likeness (QED) is 0.839. The van der Waals surface area contributed by atoms with Gasteiger partial charge in [0.05, 0.1) is 6.04 Å². The molecule has 0 bridgehead atoms. The fourth-order valence-electron chi connectivity index (χ4n) is 1.03. The van der Waals surface area contributed by atoms with E-state index in [1.807, 2.05) is 0 Å². The van der Waals surface area contributed by atoms with E-state index >= 15 is 0 Å². The van der Waals surface area contributed by atoms with Crippen molar-refractivity contribution in [2.75, 3.05) is 0 Å². The fourth-order valence-corrected chi connectivity index (χ4v) is 2.49. The summed E-state index contributed by atoms with van der Waals surface area (Å²) in [5, 5.41) is 9.42. The minimum atomic E-state index is -2.71. The van der Waals surface area contributed by atoms with E-state index in [9.17, 15) is 13.9 Å². The van der Waals surface area contributed by atoms with E-state index in [0.717, 1.165) is 0 Å². The largest absolute Gasteiger partial charge is 0.508 e. The van der Waals surface area contributed by atoms with Crippen molar-refractivity contribution in [3.05, 3.63) is 26.6 Å². The van der Waals surface area contributed by atoms with Gasteiger partial charge in [-0.05, 0) is 12.1 Å². The van der Waals surface area contributed by atoms with Gasteiger partial charge in [0.25, 0.3) is 6.43 Å². The number of halogens is 5. The third-order valence-electron chi connectivity index (χ3n) is 1.68. The van der Waals surface area contributed by atoms with Crippen molar-refractivity contribution < 1.29 is 13.9 Å². The molecule has 0 heterocycles. The summed E-state index contributed by atoms with van der Waals surface area (Å²) in [6, 6.07) is 1.39. The maximum absolute atomic E-state index is 12.3. The molecule has 0 fully saturated rings. The van der Waals surface area contributed by atoms with Crippen molar-refractivity contribution in [1.82, 2.24) is 0 Å². The molecule has 0 saturated carbocycles. The lowest BCUT2D eigenvalue weighted by Gasteiger charge is -2.14. The van der Waals surface area contributed by atoms with Crippen molar-refractivity contribution in [3.63, 3.8) is 0 Å². The summed E-state index contributed by atoms with van der Waals surface area (Å²) >= 11 is 6.18. The van der Waals surface area contributed by atoms with E-state index < -0.39 is 12.5 Å². The van der Waals surface area contributed by atoms with E-state index in [4.69, 9.17) is 5.73 Å². The zero-order valence-electron chi connectivity index (χ0n) is 7.25. The zero-order valence-corrected chi connectivity index (χ0v) is 11.2. The molecule has 0 amide bonds. The molecule has 0 aliphatic carbocycles. The van der Waals surface area contributed by atoms with Crippen LogP contribution >= 0.6 is 44.3 Å². The predicted octanol–water partition coefficient (Wildman–Crippen LogP) is 3.60. The van der Waals surface area contributed by atoms with Crippen LogP contribution in [-0.4, -0.2) is 11.5 Å². The predicted molar refractivity (Wildman–Crippen MR) is 63.7 cm³/mol. The van der Waals surface area contributed by atoms with Gasteiger partial charge in [-0.3, -0.25) is 0 Å². The molecule has 0 aromatic heterocycles. The van der Waals surface area contributed by atoms with E-state index in [1.54, 1.807) is 6.07 Å². The van der Waals surface area contributed by atoms with Crippen molar-refractivity contribution in [2.24, 2.45) is 5.73 Å². The van der Waals surface area contributed by atoms with Crippen LogP contribution in [0.1, 0.15) is 11.6 Å². The lowest BCUT2D eigenvalue weighted by molar-refractivity contribution is 0.115. The van der Waals surface area contributed by atoms with Crippen molar-refractivity contribution in [1.29, 1.82) is 0 Å². The van der Waals surface area contributed by atoms with Gasteiger partial charge in [-0.1, -0.05) is 31.9 Å². The van der Waals surface area contributed by atoms with Crippen LogP contribution in [0.3, 0.4) is 0 Å². The standard InChI is InChI=1S/C8H7Br2F2NO.ClH/c9-3-1-4(10)6(5(14)2-3)7(13)8(11)12;/h1-2,7-8,14H,13H2;1H/t7-;/m0./s1. The number of hydrogen-bond acceptors (Lipinski definition) is 2. The van der Waals surface area contributed by atoms with Crippen LogP contribution in [0, 0.1) is 0 Å². The number of benzene rings is 1. The third-order valence-corrected chi connectivity index (χ3v) is 2.79. The number of alkyl halides is 2. The Morgan fingerprint density at radius 1 is 1.27 bits per heavy atom. The van der Waals surface area contributed by atoms with Crippen LogP contribution in [0.15, 0.2) is 21.1 Å². The van der Waals surface area contributed by atoms with Gasteiger partial charge in [0, 0.05) is 14.5 Å². The first kappa shape index (κ1) is 15.1. The summed E-state index contributed by atoms with van der Waals surface area (Å²) in [7, 11) is 0. The monoisotopic (exact) mass is 365 g/mol. The van der Waals surface area contributed by atoms with E-state index in [1.165, 1.54) is 6.07 Å². The SMILES string of the molecule is Cl.N[C@@H](c1c(O)cc(Br)cc1Br)C(F)F. The maximum atomic E-state index is 12.3. The molecule has 2 nitrogen and oxygen atoms in total. The molecule has 1 atom stereocenters. The molecule has 15 heavy (non-hydrogen) atoms. The molecule has 0 saturated heterocycles. The van der Waals surface area contributed by atoms with Crippen LogP contribution in [0.5, 0.6) is 5.75 Å². The normalized spacial score (nSPS) is 12.4. The fraction of sp³-hybridized carbons (Fsp3) is 0.250. The van der Waals surface area contributed by atoms with E-state index in [2.05, 4.69) is 31.9 Å². The summed E-state index contributed by atoms with van der Waals surface area (Å²) in [5.74, 6) is -0.251. The molecule has 1 aromatic carbocycles. The molecular formula is C8H8Br2ClF2NO. The number of hydrogen-bond donors (Lipinski definition) is 2. The Balaban J connectivity index is 0.00000196. The minimum Gasteiger partial charge on any atom is -0.508 e. The molecule has 0 aliphatic rings. The molecule has 0 unspecified atom stereocenters. The molecule has 0 spiro atoms. The van der Waals surface area contributed by atoms with Gasteiger partial charge in [0.2, 0.25) is 0 Å². The molecule has 0 radical (unpaired) electrons. The highest BCUT2D eigenvalue weighted by Crippen LogP contribution is 2.36. The van der Waals surface area contributed by atoms with Crippen molar-refractivity contribution in [2.45, 2.75) is 12.5 Å². The number of phenols is 1. The number of nitrogens with two attached hydrogens (primary N) is 1. The summed E-state index contributed by atoms with van der Waals surface area (Å²) in [5.41, 5.74) is 5.25. The van der Waals surface area contributed by atoms with E-state index in [0.29, 0.717) is 8.95 Å². The lowest BCUT2D eigenvalue weighted by atomic mass is 10.1. The Kier molecular flexibility index (Phi) is 6.02. The summed E-state index contributed by atoms with van der Waals surface area (Å²) in [6.45, 7) is 0. The molecule has 0 aliphatic heterocycles. The summed E-state index contributed by atoms with van der Waals surface area (Å²) in [4.78, 5) is 0. The highest BCUT2D eigenvalue weighted by Gasteiger charge is 2.23. The molecule has 1 rings (SSSR count). The summed E-state index contributed by atoms with van der Waals surface area (Å²) < 4.78 is 25.6. The molecule has 86 valence electrons. The van der Waals surface area contributed by atoms with Gasteiger partial charge in [-0.15, -0.1) is 12.4 Å². The van der Waals surface area contributed by atoms with Gasteiger partial charge in [-0.2, -0.15) is 0 Å². The number of rotatable bonds is 2. The van der Waals surface area contributed by atoms with Crippen LogP contribution < -0.4 is 5.73 Å². The second kappa shape index (κ2) is 5.98. The van der Waals surface area contributed by atoms with Gasteiger partial charge < -0.3 is 10.8 Å². The smallest absolute Gasteiger partial charge is 0.257 e. The first-order valence-corrected chi connectivity index (χ1v) is 5.23. The Morgan fingerprint density at radius 2 is 1.80 bits per heavy atom. The number of aromatic hydroxyl groups is 1. The van der Waals surface area contributed by atoms with Gasteiger partial charge in [-0.25, -0.2) is 8.78 Å². The molecule has 1 aromatic rings. The number of phenolic OH excluding ortho intramolecular Hbond substituents is 1. The average Bonchev–Trinajstić information content (AvgIpc) is 2.01. The second-order valence-electron chi connectivity index (χ2n) is 2.68. The van der Waals surface area contributed by atoms with Crippen molar-refractivity contribution in [3.8, 4) is 5.75 Å². The van der Waals surface area contributed by atoms with Gasteiger partial charge in [0.15, 0.2) is 0 Å². The Hall–Kier alpha value is 0.0900. The highest BCUT2D eigenvalue weighted by molar-refractivity contribution is 9.11. The summed E-state index contributed by atoms with van der Waals surface area (Å²) in [6.07, 6.45) is -2.71. The zero-order chi connectivity index (χ0) is 10.9. The molecular weight excluding hydrogens is 359 g/mol. The van der Waals surface area contributed by atoms with Crippen LogP contribution in [0.25, 0.3) is 0 Å². The minimum absolute atomic E-state index is 0. The van der Waals surface area contributed by atoms with E-state index in [-0.39, 0.29) is 23.7 Å². The second-order valence-corrected chi connectivity index (χ2v) is 4.45. The Labute approximate surface area is 109 Å². The Bertz CT molecular complexity index is 328. The van der Waals surface area contributed by atoms with Crippen LogP contribution in [0.4, 0.5) is 8.78 Å². The highest BCUT2D eigenvalue weighted by atomic mass is 79.9. The molecule has 3 N–H and O–H groups in total. The first-order valence-electron chi connectivity index (χ1n) is 3.65. The van der Waals surface area contributed by atoms with Gasteiger partial charge in [0.1, 0.15) is 5.75 Å². The third kappa shape index (κ3) is 3.55.